The minimum atomic E-state index is -0.692. The van der Waals surface area contributed by atoms with Gasteiger partial charge in [0.05, 0.1) is 6.61 Å². The van der Waals surface area contributed by atoms with Crippen molar-refractivity contribution in [3.05, 3.63) is 107 Å². The highest BCUT2D eigenvalue weighted by Crippen LogP contribution is 2.48. The van der Waals surface area contributed by atoms with Crippen molar-refractivity contribution in [1.82, 2.24) is 0 Å². The molecule has 2 aliphatic heterocycles. The molecule has 0 saturated carbocycles. The molecule has 0 bridgehead atoms. The maximum atomic E-state index is 13.8. The quantitative estimate of drug-likeness (QED) is 0.396. The summed E-state index contributed by atoms with van der Waals surface area (Å²) in [5, 5.41) is 0. The predicted molar refractivity (Wildman–Crippen MR) is 143 cm³/mol. The van der Waals surface area contributed by atoms with Crippen LogP contribution in [0.15, 0.2) is 95.1 Å². The number of carbonyl (C=O) groups excluding carboxylic acids is 2. The summed E-state index contributed by atoms with van der Waals surface area (Å²) in [4.78, 5) is 32.2. The highest BCUT2D eigenvalue weighted by molar-refractivity contribution is 6.09. The third-order valence-corrected chi connectivity index (χ3v) is 7.65. The van der Waals surface area contributed by atoms with E-state index in [1.807, 2.05) is 73.7 Å². The average Bonchev–Trinajstić information content (AvgIpc) is 3.41. The van der Waals surface area contributed by atoms with Gasteiger partial charge in [-0.3, -0.25) is 14.6 Å². The normalized spacial score (nSPS) is 22.1. The zero-order valence-electron chi connectivity index (χ0n) is 21.3. The molecule has 0 saturated heterocycles. The van der Waals surface area contributed by atoms with E-state index in [2.05, 4.69) is 12.1 Å². The van der Waals surface area contributed by atoms with E-state index in [1.54, 1.807) is 0 Å². The molecule has 2 heterocycles. The fourth-order valence-electron chi connectivity index (χ4n) is 5.80. The van der Waals surface area contributed by atoms with Crippen molar-refractivity contribution in [2.45, 2.75) is 38.0 Å². The van der Waals surface area contributed by atoms with Gasteiger partial charge in [0, 0.05) is 35.7 Å². The van der Waals surface area contributed by atoms with Gasteiger partial charge in [0.25, 0.3) is 0 Å². The van der Waals surface area contributed by atoms with Crippen molar-refractivity contribution >= 4 is 17.5 Å². The largest absolute Gasteiger partial charge is 0.465 e. The van der Waals surface area contributed by atoms with Gasteiger partial charge in [-0.25, -0.2) is 0 Å². The second-order valence-corrected chi connectivity index (χ2v) is 10.0. The number of aliphatic imine (C=N–C) groups is 1. The fraction of sp³-hybridized carbons (Fsp3) is 0.281. The molecule has 6 heteroatoms. The zero-order chi connectivity index (χ0) is 26.1. The van der Waals surface area contributed by atoms with Crippen LogP contribution in [0.5, 0.6) is 11.5 Å². The van der Waals surface area contributed by atoms with Gasteiger partial charge in [-0.2, -0.15) is 0 Å². The lowest BCUT2D eigenvalue weighted by molar-refractivity contribution is -0.146. The number of ether oxygens (including phenoxy) is 3. The van der Waals surface area contributed by atoms with E-state index in [9.17, 15) is 9.59 Å². The lowest BCUT2D eigenvalue weighted by Gasteiger charge is -2.36. The molecule has 3 aromatic rings. The molecule has 0 spiro atoms. The topological polar surface area (TPSA) is 74.2 Å². The molecule has 3 atom stereocenters. The van der Waals surface area contributed by atoms with Crippen LogP contribution in [0.4, 0.5) is 0 Å². The predicted octanol–water partition coefficient (Wildman–Crippen LogP) is 5.78. The van der Waals surface area contributed by atoms with E-state index in [4.69, 9.17) is 19.2 Å². The molecule has 6 rings (SSSR count). The highest BCUT2D eigenvalue weighted by atomic mass is 16.7. The minimum Gasteiger partial charge on any atom is -0.465 e. The van der Waals surface area contributed by atoms with Crippen molar-refractivity contribution in [2.24, 2.45) is 10.9 Å². The summed E-state index contributed by atoms with van der Waals surface area (Å²) < 4.78 is 16.9. The van der Waals surface area contributed by atoms with Gasteiger partial charge in [0.15, 0.2) is 17.3 Å². The maximum absolute atomic E-state index is 13.8. The number of benzene rings is 3. The smallest absolute Gasteiger partial charge is 0.315 e. The molecule has 1 aliphatic carbocycles. The van der Waals surface area contributed by atoms with Crippen LogP contribution in [0.1, 0.15) is 48.3 Å². The van der Waals surface area contributed by atoms with Crippen LogP contribution < -0.4 is 9.47 Å². The van der Waals surface area contributed by atoms with Crippen LogP contribution in [0.3, 0.4) is 0 Å². The summed E-state index contributed by atoms with van der Waals surface area (Å²) in [5.41, 5.74) is 5.10. The summed E-state index contributed by atoms with van der Waals surface area (Å²) in [6.07, 6.45) is 1.66. The number of rotatable bonds is 6. The number of fused-ring (bicyclic) bond motifs is 1. The van der Waals surface area contributed by atoms with Crippen molar-refractivity contribution in [1.29, 1.82) is 0 Å². The summed E-state index contributed by atoms with van der Waals surface area (Å²) in [6, 6.07) is 25.7. The molecular formula is C32H29NO5. The number of Topliss-reactive ketones (excluding diaryl/α,β-unsaturated/α-hetero) is 1. The lowest BCUT2D eigenvalue weighted by atomic mass is 9.69. The SMILES string of the molecule is CC1=NC2=C(C(=O)C[C@H](c3ccccc3)C2)[C@H](c2ccc3c(c2)OCO3)C1C(=O)OCCc1ccccc1. The van der Waals surface area contributed by atoms with Gasteiger partial charge >= 0.3 is 5.97 Å². The number of allylic oxidation sites excluding steroid dienone is 2. The van der Waals surface area contributed by atoms with Gasteiger partial charge in [0.2, 0.25) is 6.79 Å². The van der Waals surface area contributed by atoms with Crippen LogP contribution in [0.2, 0.25) is 0 Å². The molecular weight excluding hydrogens is 478 g/mol. The van der Waals surface area contributed by atoms with Crippen molar-refractivity contribution in [3.63, 3.8) is 0 Å². The molecule has 38 heavy (non-hydrogen) atoms. The van der Waals surface area contributed by atoms with Crippen LogP contribution in [0, 0.1) is 5.92 Å². The average molecular weight is 508 g/mol. The van der Waals surface area contributed by atoms with Crippen molar-refractivity contribution in [3.8, 4) is 11.5 Å². The first kappa shape index (κ1) is 24.2. The Morgan fingerprint density at radius 2 is 1.66 bits per heavy atom. The number of hydrogen-bond donors (Lipinski definition) is 0. The summed E-state index contributed by atoms with van der Waals surface area (Å²) in [6.45, 7) is 2.28. The van der Waals surface area contributed by atoms with Crippen molar-refractivity contribution < 1.29 is 23.8 Å². The molecule has 0 amide bonds. The van der Waals surface area contributed by atoms with E-state index in [0.29, 0.717) is 42.0 Å². The molecule has 0 N–H and O–H groups in total. The van der Waals surface area contributed by atoms with Gasteiger partial charge in [-0.15, -0.1) is 0 Å². The van der Waals surface area contributed by atoms with E-state index in [0.717, 1.165) is 22.4 Å². The lowest BCUT2D eigenvalue weighted by Crippen LogP contribution is -2.38. The standard InChI is InChI=1S/C32H29NO5/c1-20-29(32(35)36-15-14-21-8-4-2-5-9-21)30(23-12-13-27-28(18-23)38-19-37-27)31-25(33-20)16-24(17-26(31)34)22-10-6-3-7-11-22/h2-13,18,24,29-30H,14-17,19H2,1H3/t24-,29?,30-/m1/s1. The number of nitrogens with zero attached hydrogens (tertiary/aromatic N) is 1. The molecule has 1 unspecified atom stereocenters. The van der Waals surface area contributed by atoms with Gasteiger partial charge in [-0.05, 0) is 48.1 Å². The minimum absolute atomic E-state index is 0.0288. The Kier molecular flexibility index (Phi) is 6.54. The van der Waals surface area contributed by atoms with E-state index < -0.39 is 11.8 Å². The molecule has 0 fully saturated rings. The summed E-state index contributed by atoms with van der Waals surface area (Å²) in [5.74, 6) is -0.189. The first-order chi connectivity index (χ1) is 18.6. The Balaban J connectivity index is 1.34. The van der Waals surface area contributed by atoms with Crippen molar-refractivity contribution in [2.75, 3.05) is 13.4 Å². The van der Waals surface area contributed by atoms with E-state index in [1.165, 1.54) is 0 Å². The third-order valence-electron chi connectivity index (χ3n) is 7.65. The Morgan fingerprint density at radius 1 is 0.921 bits per heavy atom. The number of esters is 1. The second kappa shape index (κ2) is 10.3. The molecule has 192 valence electrons. The molecule has 0 aromatic heterocycles. The number of carbonyl (C=O) groups is 2. The van der Waals surface area contributed by atoms with E-state index in [-0.39, 0.29) is 31.1 Å². The van der Waals surface area contributed by atoms with Crippen LogP contribution in [-0.2, 0) is 20.7 Å². The number of hydrogen-bond acceptors (Lipinski definition) is 6. The highest BCUT2D eigenvalue weighted by Gasteiger charge is 2.45. The molecule has 3 aliphatic rings. The Morgan fingerprint density at radius 3 is 2.45 bits per heavy atom. The Hall–Kier alpha value is -4.19. The summed E-state index contributed by atoms with van der Waals surface area (Å²) in [7, 11) is 0. The first-order valence-electron chi connectivity index (χ1n) is 13.0. The van der Waals surface area contributed by atoms with Gasteiger partial charge in [-0.1, -0.05) is 66.7 Å². The maximum Gasteiger partial charge on any atom is 0.315 e. The molecule has 0 radical (unpaired) electrons. The van der Waals surface area contributed by atoms with Crippen LogP contribution >= 0.6 is 0 Å². The van der Waals surface area contributed by atoms with Crippen LogP contribution in [0.25, 0.3) is 0 Å². The van der Waals surface area contributed by atoms with Crippen LogP contribution in [-0.4, -0.2) is 30.9 Å². The third kappa shape index (κ3) is 4.62. The first-order valence-corrected chi connectivity index (χ1v) is 13.0. The van der Waals surface area contributed by atoms with E-state index >= 15 is 0 Å². The molecule has 6 nitrogen and oxygen atoms in total. The zero-order valence-corrected chi connectivity index (χ0v) is 21.3. The Bertz CT molecular complexity index is 1430. The van der Waals surface area contributed by atoms with Gasteiger partial charge in [0.1, 0.15) is 5.92 Å². The monoisotopic (exact) mass is 507 g/mol. The fourth-order valence-corrected chi connectivity index (χ4v) is 5.80. The number of ketones is 1. The molecule has 3 aromatic carbocycles. The second-order valence-electron chi connectivity index (χ2n) is 10.0. The van der Waals surface area contributed by atoms with Gasteiger partial charge < -0.3 is 14.2 Å². The summed E-state index contributed by atoms with van der Waals surface area (Å²) >= 11 is 0. The Labute approximate surface area is 222 Å².